The number of para-hydroxylation sites is 1. The Morgan fingerprint density at radius 3 is 2.59 bits per heavy atom. The lowest BCUT2D eigenvalue weighted by atomic mass is 10.1. The van der Waals surface area contributed by atoms with Gasteiger partial charge in [-0.05, 0) is 30.3 Å². The van der Waals surface area contributed by atoms with E-state index >= 15 is 0 Å². The largest absolute Gasteiger partial charge is 0.493 e. The molecule has 27 heavy (non-hydrogen) atoms. The Kier molecular flexibility index (Phi) is 4.30. The fraction of sp³-hybridized carbons (Fsp3) is 0.0952. The number of imidazole rings is 1. The van der Waals surface area contributed by atoms with Crippen LogP contribution in [0.4, 0.5) is 0 Å². The lowest BCUT2D eigenvalue weighted by Crippen LogP contribution is -2.04. The maximum atomic E-state index is 12.8. The number of benzene rings is 2. The average Bonchev–Trinajstić information content (AvgIpc) is 3.22. The van der Waals surface area contributed by atoms with Gasteiger partial charge in [-0.25, -0.2) is 9.97 Å². The summed E-state index contributed by atoms with van der Waals surface area (Å²) in [6.45, 7) is 0. The molecule has 0 radical (unpaired) electrons. The van der Waals surface area contributed by atoms with Crippen molar-refractivity contribution >= 4 is 16.7 Å². The molecule has 0 amide bonds. The van der Waals surface area contributed by atoms with E-state index in [1.807, 2.05) is 36.4 Å². The van der Waals surface area contributed by atoms with Crippen LogP contribution in [0.3, 0.4) is 0 Å². The number of rotatable bonds is 5. The number of methoxy groups -OCH3 is 2. The monoisotopic (exact) mass is 359 g/mol. The SMILES string of the molecule is COc1ccc(C(=O)c2ncc(-c3ccc4ccccc4n3)[nH]2)cc1OC. The molecule has 4 rings (SSSR count). The number of hydrogen-bond donors (Lipinski definition) is 1. The van der Waals surface area contributed by atoms with Gasteiger partial charge in [0, 0.05) is 10.9 Å². The summed E-state index contributed by atoms with van der Waals surface area (Å²) in [6, 6.07) is 16.8. The topological polar surface area (TPSA) is 77.1 Å². The number of carbonyl (C=O) groups is 1. The third kappa shape index (κ3) is 3.13. The van der Waals surface area contributed by atoms with E-state index in [0.29, 0.717) is 22.8 Å². The number of nitrogens with zero attached hydrogens (tertiary/aromatic N) is 2. The Hall–Kier alpha value is -3.67. The highest BCUT2D eigenvalue weighted by atomic mass is 16.5. The van der Waals surface area contributed by atoms with Gasteiger partial charge in [0.2, 0.25) is 5.78 Å². The van der Waals surface area contributed by atoms with E-state index in [1.54, 1.807) is 31.5 Å². The Balaban J connectivity index is 1.66. The first kappa shape index (κ1) is 16.8. The number of aromatic amines is 1. The van der Waals surface area contributed by atoms with Gasteiger partial charge in [-0.15, -0.1) is 0 Å². The van der Waals surface area contributed by atoms with Crippen LogP contribution in [0, 0.1) is 0 Å². The Morgan fingerprint density at radius 1 is 0.963 bits per heavy atom. The lowest BCUT2D eigenvalue weighted by molar-refractivity contribution is 0.103. The van der Waals surface area contributed by atoms with Crippen molar-refractivity contribution in [1.82, 2.24) is 15.0 Å². The molecular weight excluding hydrogens is 342 g/mol. The molecule has 0 unspecified atom stereocenters. The van der Waals surface area contributed by atoms with Crippen LogP contribution in [-0.4, -0.2) is 35.0 Å². The van der Waals surface area contributed by atoms with Crippen molar-refractivity contribution in [3.63, 3.8) is 0 Å². The first-order chi connectivity index (χ1) is 13.2. The van der Waals surface area contributed by atoms with Gasteiger partial charge in [0.15, 0.2) is 17.3 Å². The van der Waals surface area contributed by atoms with Gasteiger partial charge < -0.3 is 14.5 Å². The van der Waals surface area contributed by atoms with Gasteiger partial charge in [0.05, 0.1) is 37.3 Å². The van der Waals surface area contributed by atoms with Crippen molar-refractivity contribution in [3.05, 3.63) is 72.2 Å². The minimum atomic E-state index is -0.233. The molecule has 0 saturated carbocycles. The molecule has 2 heterocycles. The fourth-order valence-corrected chi connectivity index (χ4v) is 2.90. The van der Waals surface area contributed by atoms with E-state index in [1.165, 1.54) is 7.11 Å². The van der Waals surface area contributed by atoms with Crippen LogP contribution in [0.25, 0.3) is 22.3 Å². The van der Waals surface area contributed by atoms with Crippen molar-refractivity contribution in [3.8, 4) is 22.9 Å². The van der Waals surface area contributed by atoms with E-state index in [0.717, 1.165) is 16.6 Å². The summed E-state index contributed by atoms with van der Waals surface area (Å²) in [5.41, 5.74) is 2.76. The van der Waals surface area contributed by atoms with Gasteiger partial charge in [0.1, 0.15) is 0 Å². The smallest absolute Gasteiger partial charge is 0.228 e. The molecule has 0 atom stereocenters. The quantitative estimate of drug-likeness (QED) is 0.547. The van der Waals surface area contributed by atoms with E-state index in [4.69, 9.17) is 9.47 Å². The molecule has 0 bridgehead atoms. The second-order valence-corrected chi connectivity index (χ2v) is 5.93. The standard InChI is InChI=1S/C21H17N3O3/c1-26-18-10-8-14(11-19(18)27-2)20(25)21-22-12-17(24-21)16-9-7-13-5-3-4-6-15(13)23-16/h3-12H,1-2H3,(H,22,24). The van der Waals surface area contributed by atoms with Gasteiger partial charge in [-0.1, -0.05) is 24.3 Å². The first-order valence-corrected chi connectivity index (χ1v) is 8.37. The normalized spacial score (nSPS) is 10.7. The molecule has 2 aromatic heterocycles. The average molecular weight is 359 g/mol. The Labute approximate surface area is 155 Å². The number of pyridine rings is 1. The predicted molar refractivity (Wildman–Crippen MR) is 102 cm³/mol. The molecule has 0 aliphatic carbocycles. The van der Waals surface area contributed by atoms with Crippen LogP contribution < -0.4 is 9.47 Å². The van der Waals surface area contributed by atoms with Gasteiger partial charge >= 0.3 is 0 Å². The fourth-order valence-electron chi connectivity index (χ4n) is 2.90. The first-order valence-electron chi connectivity index (χ1n) is 8.37. The van der Waals surface area contributed by atoms with Crippen molar-refractivity contribution in [2.24, 2.45) is 0 Å². The second-order valence-electron chi connectivity index (χ2n) is 5.93. The third-order valence-corrected chi connectivity index (χ3v) is 4.31. The van der Waals surface area contributed by atoms with E-state index in [9.17, 15) is 4.79 Å². The molecule has 0 aliphatic rings. The molecule has 6 heteroatoms. The van der Waals surface area contributed by atoms with E-state index in [2.05, 4.69) is 15.0 Å². The third-order valence-electron chi connectivity index (χ3n) is 4.31. The number of carbonyl (C=O) groups excluding carboxylic acids is 1. The molecule has 2 aromatic carbocycles. The van der Waals surface area contributed by atoms with Crippen molar-refractivity contribution in [2.75, 3.05) is 14.2 Å². The summed E-state index contributed by atoms with van der Waals surface area (Å²) in [5, 5.41) is 1.06. The van der Waals surface area contributed by atoms with Crippen LogP contribution in [0.2, 0.25) is 0 Å². The number of nitrogens with one attached hydrogen (secondary N) is 1. The molecule has 1 N–H and O–H groups in total. The van der Waals surface area contributed by atoms with Gasteiger partial charge in [-0.2, -0.15) is 0 Å². The molecule has 0 fully saturated rings. The van der Waals surface area contributed by atoms with E-state index in [-0.39, 0.29) is 11.6 Å². The van der Waals surface area contributed by atoms with Crippen LogP contribution >= 0.6 is 0 Å². The zero-order valence-corrected chi connectivity index (χ0v) is 14.9. The number of aromatic nitrogens is 3. The summed E-state index contributed by atoms with van der Waals surface area (Å²) in [4.78, 5) is 24.7. The number of ketones is 1. The van der Waals surface area contributed by atoms with Gasteiger partial charge in [0.25, 0.3) is 0 Å². The minimum Gasteiger partial charge on any atom is -0.493 e. The van der Waals surface area contributed by atoms with Crippen LogP contribution in [0.5, 0.6) is 11.5 Å². The minimum absolute atomic E-state index is 0.233. The number of ether oxygens (including phenoxy) is 2. The Morgan fingerprint density at radius 2 is 1.78 bits per heavy atom. The number of H-pyrrole nitrogens is 1. The molecule has 6 nitrogen and oxygen atoms in total. The summed E-state index contributed by atoms with van der Waals surface area (Å²) < 4.78 is 10.5. The van der Waals surface area contributed by atoms with Crippen LogP contribution in [-0.2, 0) is 0 Å². The highest BCUT2D eigenvalue weighted by molar-refractivity contribution is 6.07. The Bertz CT molecular complexity index is 1130. The molecule has 0 aliphatic heterocycles. The summed E-state index contributed by atoms with van der Waals surface area (Å²) in [6.07, 6.45) is 1.62. The summed E-state index contributed by atoms with van der Waals surface area (Å²) in [7, 11) is 3.08. The summed E-state index contributed by atoms with van der Waals surface area (Å²) in [5.74, 6) is 1.07. The lowest BCUT2D eigenvalue weighted by Gasteiger charge is -2.08. The molecular formula is C21H17N3O3. The predicted octanol–water partition coefficient (Wildman–Crippen LogP) is 3.87. The zero-order valence-electron chi connectivity index (χ0n) is 14.9. The summed E-state index contributed by atoms with van der Waals surface area (Å²) >= 11 is 0. The zero-order chi connectivity index (χ0) is 18.8. The number of fused-ring (bicyclic) bond motifs is 1. The van der Waals surface area contributed by atoms with Crippen LogP contribution in [0.1, 0.15) is 16.2 Å². The second kappa shape index (κ2) is 6.92. The highest BCUT2D eigenvalue weighted by Crippen LogP contribution is 2.28. The number of hydrogen-bond acceptors (Lipinski definition) is 5. The van der Waals surface area contributed by atoms with Crippen molar-refractivity contribution in [1.29, 1.82) is 0 Å². The molecule has 0 saturated heterocycles. The van der Waals surface area contributed by atoms with Gasteiger partial charge in [-0.3, -0.25) is 4.79 Å². The molecule has 134 valence electrons. The molecule has 4 aromatic rings. The maximum Gasteiger partial charge on any atom is 0.228 e. The highest BCUT2D eigenvalue weighted by Gasteiger charge is 2.16. The van der Waals surface area contributed by atoms with Crippen molar-refractivity contribution in [2.45, 2.75) is 0 Å². The molecule has 0 spiro atoms. The van der Waals surface area contributed by atoms with Crippen molar-refractivity contribution < 1.29 is 14.3 Å². The van der Waals surface area contributed by atoms with E-state index < -0.39 is 0 Å². The maximum absolute atomic E-state index is 12.8. The van der Waals surface area contributed by atoms with Crippen LogP contribution in [0.15, 0.2) is 60.8 Å².